The fraction of sp³-hybridized carbons (Fsp3) is 0.400. The van der Waals surface area contributed by atoms with E-state index in [0.717, 1.165) is 0 Å². The minimum absolute atomic E-state index is 0.0506. The van der Waals surface area contributed by atoms with E-state index in [4.69, 9.17) is 0 Å². The number of alkyl halides is 1. The van der Waals surface area contributed by atoms with Crippen LogP contribution in [0, 0.1) is 0 Å². The number of halogens is 1. The fourth-order valence-corrected chi connectivity index (χ4v) is 2.25. The number of rotatable bonds is 5. The average Bonchev–Trinajstić information content (AvgIpc) is 2.28. The highest BCUT2D eigenvalue weighted by Crippen LogP contribution is 2.19. The van der Waals surface area contributed by atoms with Crippen LogP contribution in [0.2, 0.25) is 0 Å². The summed E-state index contributed by atoms with van der Waals surface area (Å²) in [6, 6.07) is 8.93. The van der Waals surface area contributed by atoms with Crippen molar-refractivity contribution < 1.29 is 13.5 Å². The normalized spacial score (nSPS) is 15.7. The van der Waals surface area contributed by atoms with Crippen LogP contribution in [0.3, 0.4) is 0 Å². The van der Waals surface area contributed by atoms with Crippen molar-refractivity contribution in [2.45, 2.75) is 12.5 Å². The van der Waals surface area contributed by atoms with Gasteiger partial charge in [-0.3, -0.25) is 0 Å². The standard InChI is InChI=1S/C10H14BrNO3S/c1-10(13,7-12-16(14,15)8-11)9-5-3-2-4-6-9/h2-6,12-13H,7-8H2,1H3. The van der Waals surface area contributed by atoms with Gasteiger partial charge in [0, 0.05) is 6.54 Å². The van der Waals surface area contributed by atoms with E-state index in [9.17, 15) is 13.5 Å². The Morgan fingerprint density at radius 3 is 2.44 bits per heavy atom. The van der Waals surface area contributed by atoms with E-state index in [2.05, 4.69) is 20.7 Å². The molecule has 0 radical (unpaired) electrons. The third-order valence-electron chi connectivity index (χ3n) is 2.18. The van der Waals surface area contributed by atoms with Gasteiger partial charge in [-0.1, -0.05) is 46.3 Å². The topological polar surface area (TPSA) is 66.4 Å². The van der Waals surface area contributed by atoms with Crippen LogP contribution >= 0.6 is 15.9 Å². The van der Waals surface area contributed by atoms with Crippen molar-refractivity contribution in [3.8, 4) is 0 Å². The average molecular weight is 308 g/mol. The summed E-state index contributed by atoms with van der Waals surface area (Å²) in [4.78, 5) is 0. The SMILES string of the molecule is CC(O)(CNS(=O)(=O)CBr)c1ccccc1. The van der Waals surface area contributed by atoms with Crippen molar-refractivity contribution in [3.05, 3.63) is 35.9 Å². The molecule has 2 N–H and O–H groups in total. The molecular formula is C10H14BrNO3S. The predicted octanol–water partition coefficient (Wildman–Crippen LogP) is 1.17. The first-order chi connectivity index (χ1) is 7.37. The highest BCUT2D eigenvalue weighted by molar-refractivity contribution is 9.10. The van der Waals surface area contributed by atoms with Gasteiger partial charge in [-0.15, -0.1) is 0 Å². The molecule has 0 heterocycles. The number of sulfonamides is 1. The smallest absolute Gasteiger partial charge is 0.221 e. The molecule has 90 valence electrons. The van der Waals surface area contributed by atoms with Crippen LogP contribution < -0.4 is 4.72 Å². The van der Waals surface area contributed by atoms with Gasteiger partial charge < -0.3 is 5.11 Å². The quantitative estimate of drug-likeness (QED) is 0.802. The molecule has 1 unspecified atom stereocenters. The summed E-state index contributed by atoms with van der Waals surface area (Å²) in [7, 11) is -3.35. The summed E-state index contributed by atoms with van der Waals surface area (Å²) < 4.78 is 24.6. The van der Waals surface area contributed by atoms with Crippen LogP contribution in [-0.4, -0.2) is 24.7 Å². The summed E-state index contributed by atoms with van der Waals surface area (Å²) in [5.41, 5.74) is -0.538. The molecule has 4 nitrogen and oxygen atoms in total. The Bertz CT molecular complexity index is 431. The molecule has 1 aromatic carbocycles. The monoisotopic (exact) mass is 307 g/mol. The second-order valence-corrected chi connectivity index (χ2v) is 6.79. The maximum absolute atomic E-state index is 11.2. The Morgan fingerprint density at radius 2 is 1.94 bits per heavy atom. The Labute approximate surface area is 104 Å². The van der Waals surface area contributed by atoms with E-state index < -0.39 is 15.6 Å². The molecule has 0 saturated carbocycles. The lowest BCUT2D eigenvalue weighted by Crippen LogP contribution is -2.38. The van der Waals surface area contributed by atoms with Crippen molar-refractivity contribution in [2.75, 3.05) is 11.2 Å². The first kappa shape index (κ1) is 13.6. The van der Waals surface area contributed by atoms with Crippen LogP contribution in [0.1, 0.15) is 12.5 Å². The van der Waals surface area contributed by atoms with Crippen molar-refractivity contribution in [2.24, 2.45) is 0 Å². The molecule has 0 bridgehead atoms. The van der Waals surface area contributed by atoms with E-state index >= 15 is 0 Å². The minimum atomic E-state index is -3.35. The van der Waals surface area contributed by atoms with Gasteiger partial charge in [0.25, 0.3) is 0 Å². The maximum atomic E-state index is 11.2. The van der Waals surface area contributed by atoms with E-state index in [1.165, 1.54) is 0 Å². The third-order valence-corrected chi connectivity index (χ3v) is 4.86. The molecule has 1 atom stereocenters. The van der Waals surface area contributed by atoms with Crippen molar-refractivity contribution >= 4 is 26.0 Å². The minimum Gasteiger partial charge on any atom is -0.384 e. The number of nitrogens with one attached hydrogen (secondary N) is 1. The zero-order chi connectivity index (χ0) is 12.2. The highest BCUT2D eigenvalue weighted by atomic mass is 79.9. The largest absolute Gasteiger partial charge is 0.384 e. The zero-order valence-electron chi connectivity index (χ0n) is 8.85. The Kier molecular flexibility index (Phi) is 4.49. The van der Waals surface area contributed by atoms with E-state index in [0.29, 0.717) is 5.56 Å². The lowest BCUT2D eigenvalue weighted by molar-refractivity contribution is 0.0628. The lowest BCUT2D eigenvalue weighted by atomic mass is 9.97. The summed E-state index contributed by atoms with van der Waals surface area (Å²) in [5.74, 6) is 0. The number of hydrogen-bond acceptors (Lipinski definition) is 3. The summed E-state index contributed by atoms with van der Waals surface area (Å²) in [6.45, 7) is 1.52. The highest BCUT2D eigenvalue weighted by Gasteiger charge is 2.24. The van der Waals surface area contributed by atoms with Gasteiger partial charge >= 0.3 is 0 Å². The second-order valence-electron chi connectivity index (χ2n) is 3.68. The molecule has 16 heavy (non-hydrogen) atoms. The molecule has 0 amide bonds. The number of aliphatic hydroxyl groups is 1. The van der Waals surface area contributed by atoms with Gasteiger partial charge in [-0.25, -0.2) is 13.1 Å². The van der Waals surface area contributed by atoms with Gasteiger partial charge in [-0.2, -0.15) is 0 Å². The lowest BCUT2D eigenvalue weighted by Gasteiger charge is -2.23. The molecule has 0 saturated heterocycles. The van der Waals surface area contributed by atoms with E-state index in [-0.39, 0.29) is 11.2 Å². The first-order valence-electron chi connectivity index (χ1n) is 4.68. The van der Waals surface area contributed by atoms with E-state index in [1.807, 2.05) is 6.07 Å². The fourth-order valence-electron chi connectivity index (χ4n) is 1.19. The van der Waals surface area contributed by atoms with Crippen LogP contribution in [0.5, 0.6) is 0 Å². The molecule has 0 spiro atoms. The Balaban J connectivity index is 2.74. The number of hydrogen-bond donors (Lipinski definition) is 2. The van der Waals surface area contributed by atoms with Gasteiger partial charge in [0.05, 0.1) is 0 Å². The molecule has 1 aromatic rings. The van der Waals surface area contributed by atoms with Gasteiger partial charge in [0.15, 0.2) is 0 Å². The Morgan fingerprint density at radius 1 is 1.38 bits per heavy atom. The van der Waals surface area contributed by atoms with Crippen LogP contribution in [0.25, 0.3) is 0 Å². The van der Waals surface area contributed by atoms with Gasteiger partial charge in [-0.05, 0) is 12.5 Å². The Hall–Kier alpha value is -0.430. The molecule has 1 rings (SSSR count). The van der Waals surface area contributed by atoms with Gasteiger partial charge in [0.2, 0.25) is 10.0 Å². The van der Waals surface area contributed by atoms with Gasteiger partial charge in [0.1, 0.15) is 10.3 Å². The van der Waals surface area contributed by atoms with Crippen LogP contribution in [0.15, 0.2) is 30.3 Å². The number of benzene rings is 1. The van der Waals surface area contributed by atoms with Crippen LogP contribution in [-0.2, 0) is 15.6 Å². The third kappa shape index (κ3) is 3.86. The molecule has 0 fully saturated rings. The molecule has 0 aliphatic heterocycles. The molecular weight excluding hydrogens is 294 g/mol. The second kappa shape index (κ2) is 5.27. The molecule has 0 aliphatic carbocycles. The predicted molar refractivity (Wildman–Crippen MR) is 66.7 cm³/mol. The first-order valence-corrected chi connectivity index (χ1v) is 7.46. The van der Waals surface area contributed by atoms with Crippen molar-refractivity contribution in [3.63, 3.8) is 0 Å². The molecule has 0 aliphatic rings. The summed E-state index contributed by atoms with van der Waals surface area (Å²) >= 11 is 2.86. The maximum Gasteiger partial charge on any atom is 0.221 e. The van der Waals surface area contributed by atoms with E-state index in [1.54, 1.807) is 31.2 Å². The van der Waals surface area contributed by atoms with Crippen LogP contribution in [0.4, 0.5) is 0 Å². The van der Waals surface area contributed by atoms with Crippen molar-refractivity contribution in [1.82, 2.24) is 4.72 Å². The van der Waals surface area contributed by atoms with Crippen molar-refractivity contribution in [1.29, 1.82) is 0 Å². The summed E-state index contributed by atoms with van der Waals surface area (Å²) in [6.07, 6.45) is 0. The summed E-state index contributed by atoms with van der Waals surface area (Å²) in [5, 5.41) is 10.1. The molecule has 0 aromatic heterocycles. The zero-order valence-corrected chi connectivity index (χ0v) is 11.3. The molecule has 6 heteroatoms.